The minimum absolute atomic E-state index is 0.0900. The fourth-order valence-corrected chi connectivity index (χ4v) is 3.50. The molecule has 5 heteroatoms. The quantitative estimate of drug-likeness (QED) is 0.517. The van der Waals surface area contributed by atoms with Gasteiger partial charge in [-0.25, -0.2) is 0 Å². The highest BCUT2D eigenvalue weighted by Crippen LogP contribution is 2.29. The van der Waals surface area contributed by atoms with E-state index in [1.54, 1.807) is 20.1 Å². The van der Waals surface area contributed by atoms with Crippen molar-refractivity contribution in [2.75, 3.05) is 7.11 Å². The van der Waals surface area contributed by atoms with Gasteiger partial charge in [0.1, 0.15) is 29.7 Å². The van der Waals surface area contributed by atoms with Crippen LogP contribution in [0.5, 0.6) is 11.5 Å². The number of H-pyrrole nitrogens is 1. The van der Waals surface area contributed by atoms with E-state index in [1.165, 1.54) is 0 Å². The number of methoxy groups -OCH3 is 1. The summed E-state index contributed by atoms with van der Waals surface area (Å²) in [6.45, 7) is 2.08. The molecule has 0 aliphatic rings. The van der Waals surface area contributed by atoms with Crippen molar-refractivity contribution in [3.63, 3.8) is 0 Å². The van der Waals surface area contributed by atoms with Crippen molar-refractivity contribution in [2.24, 2.45) is 0 Å². The summed E-state index contributed by atoms with van der Waals surface area (Å²) < 4.78 is 11.5. The highest BCUT2D eigenvalue weighted by molar-refractivity contribution is 5.83. The van der Waals surface area contributed by atoms with Crippen molar-refractivity contribution in [3.05, 3.63) is 93.9 Å². The molecule has 3 aromatic carbocycles. The van der Waals surface area contributed by atoms with Gasteiger partial charge in [-0.3, -0.25) is 4.79 Å². The van der Waals surface area contributed by atoms with Crippen molar-refractivity contribution in [3.8, 4) is 28.7 Å². The van der Waals surface area contributed by atoms with Crippen LogP contribution >= 0.6 is 0 Å². The molecule has 1 heterocycles. The third-order valence-corrected chi connectivity index (χ3v) is 4.99. The molecule has 0 fully saturated rings. The van der Waals surface area contributed by atoms with Gasteiger partial charge in [0.05, 0.1) is 7.11 Å². The number of pyridine rings is 1. The highest BCUT2D eigenvalue weighted by Gasteiger charge is 2.13. The molecule has 0 saturated heterocycles. The lowest BCUT2D eigenvalue weighted by Crippen LogP contribution is -2.12. The maximum Gasteiger partial charge on any atom is 0.266 e. The molecule has 5 nitrogen and oxygen atoms in total. The molecule has 0 bridgehead atoms. The van der Waals surface area contributed by atoms with E-state index in [4.69, 9.17) is 9.47 Å². The van der Waals surface area contributed by atoms with Crippen LogP contribution in [0.1, 0.15) is 16.8 Å². The van der Waals surface area contributed by atoms with Crippen molar-refractivity contribution in [1.29, 1.82) is 5.26 Å². The van der Waals surface area contributed by atoms with E-state index in [1.807, 2.05) is 60.7 Å². The van der Waals surface area contributed by atoms with Crippen LogP contribution in [0.15, 0.2) is 71.5 Å². The topological polar surface area (TPSA) is 75.1 Å². The summed E-state index contributed by atoms with van der Waals surface area (Å²) in [7, 11) is 1.60. The van der Waals surface area contributed by atoms with Gasteiger partial charge in [-0.15, -0.1) is 0 Å². The molecular formula is C25H20N2O3. The molecule has 0 aliphatic heterocycles. The van der Waals surface area contributed by atoms with E-state index in [0.29, 0.717) is 23.6 Å². The van der Waals surface area contributed by atoms with Crippen LogP contribution in [0.2, 0.25) is 0 Å². The summed E-state index contributed by atoms with van der Waals surface area (Å²) in [6.07, 6.45) is 0. The van der Waals surface area contributed by atoms with Gasteiger partial charge in [-0.2, -0.15) is 5.26 Å². The molecule has 0 atom stereocenters. The van der Waals surface area contributed by atoms with E-state index in [2.05, 4.69) is 11.1 Å². The molecule has 1 aromatic heterocycles. The predicted octanol–water partition coefficient (Wildman–Crippen LogP) is 4.96. The molecular weight excluding hydrogens is 376 g/mol. The molecule has 30 heavy (non-hydrogen) atoms. The number of aryl methyl sites for hydroxylation is 1. The summed E-state index contributed by atoms with van der Waals surface area (Å²) in [6, 6.07) is 23.4. The van der Waals surface area contributed by atoms with Gasteiger partial charge in [0.2, 0.25) is 0 Å². The van der Waals surface area contributed by atoms with Crippen molar-refractivity contribution >= 4 is 10.8 Å². The number of hydrogen-bond acceptors (Lipinski definition) is 4. The van der Waals surface area contributed by atoms with Gasteiger partial charge in [-0.05, 0) is 53.6 Å². The monoisotopic (exact) mass is 396 g/mol. The van der Waals surface area contributed by atoms with Crippen molar-refractivity contribution in [1.82, 2.24) is 4.98 Å². The van der Waals surface area contributed by atoms with Crippen LogP contribution in [-0.4, -0.2) is 12.1 Å². The third kappa shape index (κ3) is 3.76. The average molecular weight is 396 g/mol. The van der Waals surface area contributed by atoms with E-state index >= 15 is 0 Å². The van der Waals surface area contributed by atoms with Gasteiger partial charge in [0.25, 0.3) is 5.56 Å². The second kappa shape index (κ2) is 8.14. The zero-order valence-electron chi connectivity index (χ0n) is 16.7. The van der Waals surface area contributed by atoms with Gasteiger partial charge in [-0.1, -0.05) is 36.4 Å². The largest absolute Gasteiger partial charge is 0.496 e. The van der Waals surface area contributed by atoms with Crippen LogP contribution in [-0.2, 0) is 6.61 Å². The van der Waals surface area contributed by atoms with Crippen LogP contribution < -0.4 is 15.0 Å². The Hall–Kier alpha value is -4.04. The molecule has 1 N–H and O–H groups in total. The van der Waals surface area contributed by atoms with Gasteiger partial charge < -0.3 is 14.5 Å². The Morgan fingerprint density at radius 2 is 1.80 bits per heavy atom. The number of aromatic nitrogens is 1. The van der Waals surface area contributed by atoms with Crippen LogP contribution in [0.25, 0.3) is 21.9 Å². The highest BCUT2D eigenvalue weighted by atomic mass is 16.5. The SMILES string of the molecule is COc1ccc(-c2cc(C)[nH]c(=O)c2C#N)cc1COc1ccc2ccccc2c1. The maximum atomic E-state index is 12.2. The number of nitriles is 1. The Morgan fingerprint density at radius 1 is 1.00 bits per heavy atom. The molecule has 0 unspecified atom stereocenters. The second-order valence-electron chi connectivity index (χ2n) is 7.01. The zero-order chi connectivity index (χ0) is 21.1. The summed E-state index contributed by atoms with van der Waals surface area (Å²) in [5.74, 6) is 1.44. The Balaban J connectivity index is 1.68. The van der Waals surface area contributed by atoms with Gasteiger partial charge >= 0.3 is 0 Å². The summed E-state index contributed by atoms with van der Waals surface area (Å²) in [5.41, 5.74) is 2.57. The Morgan fingerprint density at radius 3 is 2.57 bits per heavy atom. The lowest BCUT2D eigenvalue weighted by molar-refractivity contribution is 0.297. The molecule has 0 radical (unpaired) electrons. The fourth-order valence-electron chi connectivity index (χ4n) is 3.50. The number of aromatic amines is 1. The van der Waals surface area contributed by atoms with Crippen molar-refractivity contribution < 1.29 is 9.47 Å². The molecule has 0 saturated carbocycles. The first kappa shape index (κ1) is 19.3. The normalized spacial score (nSPS) is 10.6. The second-order valence-corrected chi connectivity index (χ2v) is 7.01. The Labute approximate surface area is 174 Å². The minimum Gasteiger partial charge on any atom is -0.496 e. The van der Waals surface area contributed by atoms with Crippen LogP contribution in [0.4, 0.5) is 0 Å². The first-order valence-electron chi connectivity index (χ1n) is 9.52. The standard InChI is InChI=1S/C25H20N2O3/c1-16-11-22(23(14-26)25(28)27-16)19-8-10-24(29-2)20(12-19)15-30-21-9-7-17-5-3-4-6-18(17)13-21/h3-13H,15H2,1-2H3,(H,27,28). The summed E-state index contributed by atoms with van der Waals surface area (Å²) in [5, 5.41) is 11.7. The van der Waals surface area contributed by atoms with Crippen molar-refractivity contribution in [2.45, 2.75) is 13.5 Å². The van der Waals surface area contributed by atoms with Gasteiger partial charge in [0.15, 0.2) is 0 Å². The zero-order valence-corrected chi connectivity index (χ0v) is 16.7. The number of ether oxygens (including phenoxy) is 2. The van der Waals surface area contributed by atoms with E-state index in [0.717, 1.165) is 27.6 Å². The van der Waals surface area contributed by atoms with E-state index in [-0.39, 0.29) is 5.56 Å². The number of nitrogens with one attached hydrogen (secondary N) is 1. The predicted molar refractivity (Wildman–Crippen MR) is 117 cm³/mol. The lowest BCUT2D eigenvalue weighted by Gasteiger charge is -2.13. The molecule has 148 valence electrons. The summed E-state index contributed by atoms with van der Waals surface area (Å²) in [4.78, 5) is 14.8. The maximum absolute atomic E-state index is 12.2. The smallest absolute Gasteiger partial charge is 0.266 e. The number of hydrogen-bond donors (Lipinski definition) is 1. The van der Waals surface area contributed by atoms with Gasteiger partial charge in [0, 0.05) is 16.8 Å². The molecule has 0 amide bonds. The number of rotatable bonds is 5. The number of benzene rings is 3. The average Bonchev–Trinajstić information content (AvgIpc) is 2.77. The molecule has 4 rings (SSSR count). The minimum atomic E-state index is -0.391. The molecule has 0 aliphatic carbocycles. The van der Waals surface area contributed by atoms with E-state index in [9.17, 15) is 10.1 Å². The summed E-state index contributed by atoms with van der Waals surface area (Å²) >= 11 is 0. The number of nitrogens with zero attached hydrogens (tertiary/aromatic N) is 1. The fraction of sp³-hybridized carbons (Fsp3) is 0.120. The number of fused-ring (bicyclic) bond motifs is 1. The Kier molecular flexibility index (Phi) is 5.23. The Bertz CT molecular complexity index is 1330. The first-order valence-corrected chi connectivity index (χ1v) is 9.52. The third-order valence-electron chi connectivity index (χ3n) is 4.99. The lowest BCUT2D eigenvalue weighted by atomic mass is 9.99. The van der Waals surface area contributed by atoms with Crippen LogP contribution in [0.3, 0.4) is 0 Å². The first-order chi connectivity index (χ1) is 14.6. The molecule has 0 spiro atoms. The van der Waals surface area contributed by atoms with Crippen LogP contribution in [0, 0.1) is 18.3 Å². The molecule has 4 aromatic rings. The van der Waals surface area contributed by atoms with E-state index < -0.39 is 5.56 Å².